The summed E-state index contributed by atoms with van der Waals surface area (Å²) in [6.07, 6.45) is -0.226. The van der Waals surface area contributed by atoms with Gasteiger partial charge in [-0.2, -0.15) is 0 Å². The molecule has 0 saturated carbocycles. The van der Waals surface area contributed by atoms with Crippen LogP contribution >= 0.6 is 0 Å². The fraction of sp³-hybridized carbons (Fsp3) is 0.478. The van der Waals surface area contributed by atoms with E-state index in [9.17, 15) is 9.90 Å². The van der Waals surface area contributed by atoms with Crippen LogP contribution in [0.15, 0.2) is 35.5 Å². The van der Waals surface area contributed by atoms with E-state index in [1.54, 1.807) is 20.1 Å². The van der Waals surface area contributed by atoms with Crippen molar-refractivity contribution in [3.63, 3.8) is 0 Å². The Balaban J connectivity index is 1.42. The molecule has 10 nitrogen and oxygen atoms in total. The van der Waals surface area contributed by atoms with Gasteiger partial charge in [0.1, 0.15) is 35.2 Å². The van der Waals surface area contributed by atoms with Crippen LogP contribution in [0.25, 0.3) is 0 Å². The lowest BCUT2D eigenvalue weighted by Gasteiger charge is -2.36. The number of rotatable bonds is 7. The molecule has 3 heterocycles. The van der Waals surface area contributed by atoms with Crippen LogP contribution in [-0.2, 0) is 20.9 Å². The maximum Gasteiger partial charge on any atom is 0.270 e. The highest BCUT2D eigenvalue weighted by atomic mass is 16.7. The Labute approximate surface area is 191 Å². The molecule has 1 amide bonds. The minimum atomic E-state index is -0.733. The number of hydrogen-bond acceptors (Lipinski definition) is 9. The number of aromatic nitrogens is 2. The molecule has 4 rings (SSSR count). The zero-order valence-electron chi connectivity index (χ0n) is 18.9. The lowest BCUT2D eigenvalue weighted by Crippen LogP contribution is -2.50. The number of aliphatic hydroxyl groups is 1. The summed E-state index contributed by atoms with van der Waals surface area (Å²) in [7, 11) is 1.60. The van der Waals surface area contributed by atoms with E-state index >= 15 is 0 Å². The van der Waals surface area contributed by atoms with Crippen molar-refractivity contribution in [3.8, 4) is 5.75 Å². The van der Waals surface area contributed by atoms with E-state index in [-0.39, 0.29) is 30.4 Å². The van der Waals surface area contributed by atoms with Crippen molar-refractivity contribution in [3.05, 3.63) is 53.1 Å². The summed E-state index contributed by atoms with van der Waals surface area (Å²) < 4.78 is 16.7. The Bertz CT molecular complexity index is 1040. The van der Waals surface area contributed by atoms with Gasteiger partial charge in [0, 0.05) is 13.0 Å². The molecular weight excluding hydrogens is 428 g/mol. The van der Waals surface area contributed by atoms with Gasteiger partial charge in [0.15, 0.2) is 5.60 Å². The van der Waals surface area contributed by atoms with Crippen molar-refractivity contribution in [2.75, 3.05) is 26.9 Å². The SMILES string of the molecule is COc1cccc(CNC(=O)c2cc(C3=NOC(C)([C@H]4CO[C@H](CO)CO4)C3)nc(C)n2)c1. The normalized spacial score (nSPS) is 24.7. The topological polar surface area (TPSA) is 124 Å². The maximum atomic E-state index is 12.8. The van der Waals surface area contributed by atoms with Crippen LogP contribution in [0.3, 0.4) is 0 Å². The van der Waals surface area contributed by atoms with Gasteiger partial charge in [-0.15, -0.1) is 0 Å². The molecule has 10 heteroatoms. The van der Waals surface area contributed by atoms with Gasteiger partial charge in [-0.3, -0.25) is 4.79 Å². The quantitative estimate of drug-likeness (QED) is 0.640. The van der Waals surface area contributed by atoms with Crippen molar-refractivity contribution < 1.29 is 28.9 Å². The van der Waals surface area contributed by atoms with Gasteiger partial charge in [-0.1, -0.05) is 17.3 Å². The Morgan fingerprint density at radius 3 is 2.85 bits per heavy atom. The summed E-state index contributed by atoms with van der Waals surface area (Å²) in [6, 6.07) is 9.10. The molecule has 0 spiro atoms. The zero-order chi connectivity index (χ0) is 23.4. The molecule has 1 unspecified atom stereocenters. The zero-order valence-corrected chi connectivity index (χ0v) is 18.9. The molecule has 2 aliphatic heterocycles. The van der Waals surface area contributed by atoms with E-state index in [0.29, 0.717) is 43.4 Å². The number of aliphatic hydroxyl groups excluding tert-OH is 1. The molecule has 1 fully saturated rings. The highest BCUT2D eigenvalue weighted by Gasteiger charge is 2.45. The van der Waals surface area contributed by atoms with Crippen molar-refractivity contribution in [2.45, 2.75) is 44.6 Å². The first-order chi connectivity index (χ1) is 15.9. The van der Waals surface area contributed by atoms with Gasteiger partial charge in [0.25, 0.3) is 5.91 Å². The second-order valence-electron chi connectivity index (χ2n) is 8.30. The summed E-state index contributed by atoms with van der Waals surface area (Å²) in [6.45, 7) is 4.46. The van der Waals surface area contributed by atoms with E-state index in [4.69, 9.17) is 19.0 Å². The van der Waals surface area contributed by atoms with E-state index in [0.717, 1.165) is 11.3 Å². The Kier molecular flexibility index (Phi) is 6.87. The predicted molar refractivity (Wildman–Crippen MR) is 118 cm³/mol. The predicted octanol–water partition coefficient (Wildman–Crippen LogP) is 1.38. The third kappa shape index (κ3) is 5.29. The van der Waals surface area contributed by atoms with Crippen molar-refractivity contribution >= 4 is 11.6 Å². The van der Waals surface area contributed by atoms with Crippen LogP contribution in [0.2, 0.25) is 0 Å². The van der Waals surface area contributed by atoms with Gasteiger partial charge in [0.05, 0.1) is 32.6 Å². The third-order valence-electron chi connectivity index (χ3n) is 5.69. The number of amides is 1. The number of carbonyl (C=O) groups is 1. The molecule has 33 heavy (non-hydrogen) atoms. The number of oxime groups is 1. The first-order valence-electron chi connectivity index (χ1n) is 10.8. The molecule has 1 aromatic carbocycles. The summed E-state index contributed by atoms with van der Waals surface area (Å²) >= 11 is 0. The molecule has 0 radical (unpaired) electrons. The number of nitrogens with one attached hydrogen (secondary N) is 1. The van der Waals surface area contributed by atoms with Crippen molar-refractivity contribution in [1.82, 2.24) is 15.3 Å². The number of carbonyl (C=O) groups excluding carboxylic acids is 1. The molecule has 3 atom stereocenters. The third-order valence-corrected chi connectivity index (χ3v) is 5.69. The molecular formula is C23H28N4O6. The fourth-order valence-corrected chi connectivity index (χ4v) is 3.75. The molecule has 2 aliphatic rings. The highest BCUT2D eigenvalue weighted by molar-refractivity contribution is 6.02. The van der Waals surface area contributed by atoms with Crippen molar-refractivity contribution in [2.24, 2.45) is 5.16 Å². The molecule has 2 aromatic rings. The van der Waals surface area contributed by atoms with E-state index in [1.807, 2.05) is 31.2 Å². The molecule has 2 N–H and O–H groups in total. The number of benzene rings is 1. The van der Waals surface area contributed by atoms with Crippen LogP contribution in [-0.4, -0.2) is 71.4 Å². The smallest absolute Gasteiger partial charge is 0.270 e. The second kappa shape index (κ2) is 9.82. The van der Waals surface area contributed by atoms with Crippen LogP contribution < -0.4 is 10.1 Å². The summed E-state index contributed by atoms with van der Waals surface area (Å²) in [5.74, 6) is 0.868. The van der Waals surface area contributed by atoms with Gasteiger partial charge in [-0.05, 0) is 37.6 Å². The Morgan fingerprint density at radius 1 is 1.27 bits per heavy atom. The minimum Gasteiger partial charge on any atom is -0.497 e. The number of methoxy groups -OCH3 is 1. The first kappa shape index (κ1) is 23.1. The largest absolute Gasteiger partial charge is 0.497 e. The minimum absolute atomic E-state index is 0.0884. The van der Waals surface area contributed by atoms with Gasteiger partial charge >= 0.3 is 0 Å². The number of aryl methyl sites for hydroxylation is 1. The average molecular weight is 456 g/mol. The number of nitrogens with zero attached hydrogens (tertiary/aromatic N) is 3. The van der Waals surface area contributed by atoms with E-state index in [2.05, 4.69) is 20.4 Å². The van der Waals surface area contributed by atoms with Gasteiger partial charge in [-0.25, -0.2) is 9.97 Å². The summed E-state index contributed by atoms with van der Waals surface area (Å²) in [4.78, 5) is 27.2. The molecule has 0 bridgehead atoms. The van der Waals surface area contributed by atoms with Crippen LogP contribution in [0, 0.1) is 6.92 Å². The van der Waals surface area contributed by atoms with E-state index < -0.39 is 5.60 Å². The molecule has 176 valence electrons. The van der Waals surface area contributed by atoms with Crippen LogP contribution in [0.1, 0.15) is 40.9 Å². The Morgan fingerprint density at radius 2 is 2.12 bits per heavy atom. The Hall–Kier alpha value is -3.08. The molecule has 1 aromatic heterocycles. The monoisotopic (exact) mass is 456 g/mol. The standard InChI is InChI=1S/C23H28N4O6/c1-14-25-18(20-9-23(2,33-27-20)21-13-31-17(11-28)12-32-21)8-19(26-14)22(29)24-10-15-5-4-6-16(7-15)30-3/h4-8,17,21,28H,9-13H2,1-3H3,(H,24,29)/t17-,21-,23?/m1/s1. The number of hydrogen-bond donors (Lipinski definition) is 2. The average Bonchev–Trinajstić information content (AvgIpc) is 3.25. The second-order valence-corrected chi connectivity index (χ2v) is 8.30. The maximum absolute atomic E-state index is 12.8. The van der Waals surface area contributed by atoms with Crippen LogP contribution in [0.4, 0.5) is 0 Å². The van der Waals surface area contributed by atoms with Gasteiger partial charge < -0.3 is 29.5 Å². The van der Waals surface area contributed by atoms with Crippen molar-refractivity contribution in [1.29, 1.82) is 0 Å². The highest BCUT2D eigenvalue weighted by Crippen LogP contribution is 2.33. The molecule has 0 aliphatic carbocycles. The summed E-state index contributed by atoms with van der Waals surface area (Å²) in [5, 5.41) is 16.3. The fourth-order valence-electron chi connectivity index (χ4n) is 3.75. The van der Waals surface area contributed by atoms with Gasteiger partial charge in [0.2, 0.25) is 0 Å². The number of ether oxygens (including phenoxy) is 3. The summed E-state index contributed by atoms with van der Waals surface area (Å²) in [5.41, 5.74) is 1.57. The lowest BCUT2D eigenvalue weighted by molar-refractivity contribution is -0.208. The molecule has 1 saturated heterocycles. The first-order valence-corrected chi connectivity index (χ1v) is 10.8. The van der Waals surface area contributed by atoms with E-state index in [1.165, 1.54) is 0 Å². The lowest BCUT2D eigenvalue weighted by atomic mass is 9.91. The van der Waals surface area contributed by atoms with Crippen LogP contribution in [0.5, 0.6) is 5.75 Å².